The Labute approximate surface area is 114 Å². The van der Waals surface area contributed by atoms with Crippen molar-refractivity contribution in [1.29, 1.82) is 0 Å². The number of ether oxygens (including phenoxy) is 1. The molecule has 1 atom stereocenters. The van der Waals surface area contributed by atoms with Crippen molar-refractivity contribution in [3.8, 4) is 0 Å². The molecule has 0 heterocycles. The molecule has 1 aromatic rings. The van der Waals surface area contributed by atoms with E-state index < -0.39 is 16.2 Å². The Morgan fingerprint density at radius 1 is 1.22 bits per heavy atom. The van der Waals surface area contributed by atoms with E-state index in [0.29, 0.717) is 6.61 Å². The Bertz CT molecular complexity index is 424. The maximum Gasteiger partial charge on any atom is 0.264 e. The maximum absolute atomic E-state index is 10.7. The largest absolute Gasteiger partial charge is 0.375 e. The molecule has 0 spiro atoms. The Morgan fingerprint density at radius 2 is 1.83 bits per heavy atom. The molecule has 5 nitrogen and oxygen atoms in total. The molecule has 0 aliphatic carbocycles. The highest BCUT2D eigenvalue weighted by Crippen LogP contribution is 2.01. The Morgan fingerprint density at radius 3 is 2.39 bits per heavy atom. The second kappa shape index (κ2) is 8.44. The van der Waals surface area contributed by atoms with E-state index in [0.717, 1.165) is 11.8 Å². The van der Waals surface area contributed by atoms with E-state index >= 15 is 0 Å². The molecule has 18 heavy (non-hydrogen) atoms. The average molecular weight is 296 g/mol. The predicted octanol–water partition coefficient (Wildman–Crippen LogP) is 0.929. The van der Waals surface area contributed by atoms with Gasteiger partial charge in [-0.25, -0.2) is 0 Å². The van der Waals surface area contributed by atoms with Gasteiger partial charge < -0.3 is 10.5 Å². The van der Waals surface area contributed by atoms with E-state index in [2.05, 4.69) is 4.18 Å². The van der Waals surface area contributed by atoms with Crippen molar-refractivity contribution in [2.75, 3.05) is 19.5 Å². The number of nitrogens with two attached hydrogens (primary N) is 1. The fourth-order valence-electron chi connectivity index (χ4n) is 1.16. The van der Waals surface area contributed by atoms with Gasteiger partial charge in [-0.2, -0.15) is 8.42 Å². The average Bonchev–Trinajstić information content (AvgIpc) is 2.27. The highest BCUT2D eigenvalue weighted by molar-refractivity contribution is 7.85. The van der Waals surface area contributed by atoms with Crippen LogP contribution in [0.2, 0.25) is 0 Å². The van der Waals surface area contributed by atoms with Crippen LogP contribution in [0.3, 0.4) is 0 Å². The van der Waals surface area contributed by atoms with Crippen molar-refractivity contribution in [1.82, 2.24) is 0 Å². The van der Waals surface area contributed by atoms with Crippen molar-refractivity contribution < 1.29 is 17.3 Å². The minimum Gasteiger partial charge on any atom is -0.375 e. The zero-order valence-corrected chi connectivity index (χ0v) is 11.7. The maximum atomic E-state index is 10.7. The Balaban J connectivity index is 0.00000289. The van der Waals surface area contributed by atoms with Crippen LogP contribution in [0.1, 0.15) is 5.56 Å². The summed E-state index contributed by atoms with van der Waals surface area (Å²) in [5, 5.41) is 0. The van der Waals surface area contributed by atoms with Crippen LogP contribution in [0.5, 0.6) is 0 Å². The second-order valence-electron chi connectivity index (χ2n) is 3.75. The summed E-state index contributed by atoms with van der Waals surface area (Å²) in [5.41, 5.74) is 6.68. The molecule has 0 aliphatic heterocycles. The number of halogens is 1. The summed E-state index contributed by atoms with van der Waals surface area (Å²) in [6, 6.07) is 9.21. The fourth-order valence-corrected chi connectivity index (χ4v) is 1.58. The van der Waals surface area contributed by atoms with Crippen molar-refractivity contribution in [3.63, 3.8) is 0 Å². The van der Waals surface area contributed by atoms with Crippen LogP contribution in [-0.4, -0.2) is 33.9 Å². The first-order chi connectivity index (χ1) is 7.97. The third-order valence-corrected chi connectivity index (χ3v) is 2.50. The first-order valence-electron chi connectivity index (χ1n) is 5.19. The quantitative estimate of drug-likeness (QED) is 0.757. The highest BCUT2D eigenvalue weighted by atomic mass is 35.5. The molecule has 0 fully saturated rings. The summed E-state index contributed by atoms with van der Waals surface area (Å²) in [7, 11) is -3.43. The number of benzene rings is 1. The molecule has 0 saturated carbocycles. The SMILES string of the molecule is CS(=O)(=O)OC[C@@H](N)COCc1ccccc1.Cl. The topological polar surface area (TPSA) is 78.6 Å². The zero-order valence-electron chi connectivity index (χ0n) is 10.1. The molecule has 1 rings (SSSR count). The smallest absolute Gasteiger partial charge is 0.264 e. The molecule has 0 radical (unpaired) electrons. The van der Waals surface area contributed by atoms with Gasteiger partial charge in [0.15, 0.2) is 0 Å². The van der Waals surface area contributed by atoms with Gasteiger partial charge in [0.1, 0.15) is 0 Å². The van der Waals surface area contributed by atoms with Gasteiger partial charge in [-0.05, 0) is 5.56 Å². The first kappa shape index (κ1) is 17.3. The minimum atomic E-state index is -3.43. The molecular formula is C11H18ClNO4S. The van der Waals surface area contributed by atoms with Gasteiger partial charge in [0, 0.05) is 0 Å². The third-order valence-electron chi connectivity index (χ3n) is 1.94. The van der Waals surface area contributed by atoms with Gasteiger partial charge in [0.25, 0.3) is 10.1 Å². The lowest BCUT2D eigenvalue weighted by molar-refractivity contribution is 0.0946. The van der Waals surface area contributed by atoms with Crippen molar-refractivity contribution in [2.45, 2.75) is 12.6 Å². The number of hydrogen-bond acceptors (Lipinski definition) is 5. The first-order valence-corrected chi connectivity index (χ1v) is 7.00. The standard InChI is InChI=1S/C11H17NO4S.ClH/c1-17(13,14)16-9-11(12)8-15-7-10-5-3-2-4-6-10;/h2-6,11H,7-9,12H2,1H3;1H/t11-;/m0./s1. The molecular weight excluding hydrogens is 278 g/mol. The molecule has 2 N–H and O–H groups in total. The van der Waals surface area contributed by atoms with Gasteiger partial charge in [-0.1, -0.05) is 30.3 Å². The van der Waals surface area contributed by atoms with Crippen LogP contribution in [-0.2, 0) is 25.6 Å². The number of hydrogen-bond donors (Lipinski definition) is 1. The third kappa shape index (κ3) is 8.43. The van der Waals surface area contributed by atoms with Crippen molar-refractivity contribution in [2.24, 2.45) is 5.73 Å². The fraction of sp³-hybridized carbons (Fsp3) is 0.455. The minimum absolute atomic E-state index is 0. The van der Waals surface area contributed by atoms with Crippen LogP contribution in [0.25, 0.3) is 0 Å². The van der Waals surface area contributed by atoms with Crippen LogP contribution in [0.15, 0.2) is 30.3 Å². The molecule has 0 saturated heterocycles. The summed E-state index contributed by atoms with van der Waals surface area (Å²) in [6.07, 6.45) is 0.991. The van der Waals surface area contributed by atoms with E-state index in [1.54, 1.807) is 0 Å². The summed E-state index contributed by atoms with van der Waals surface area (Å²) in [6.45, 7) is 0.644. The van der Waals surface area contributed by atoms with Crippen molar-refractivity contribution in [3.05, 3.63) is 35.9 Å². The van der Waals surface area contributed by atoms with Crippen LogP contribution >= 0.6 is 12.4 Å². The summed E-state index contributed by atoms with van der Waals surface area (Å²) < 4.78 is 31.3. The van der Waals surface area contributed by atoms with Crippen molar-refractivity contribution >= 4 is 22.5 Å². The highest BCUT2D eigenvalue weighted by Gasteiger charge is 2.08. The van der Waals surface area contributed by atoms with E-state index in [1.165, 1.54) is 0 Å². The van der Waals surface area contributed by atoms with Gasteiger partial charge >= 0.3 is 0 Å². The van der Waals surface area contributed by atoms with E-state index in [-0.39, 0.29) is 25.6 Å². The Kier molecular flexibility index (Phi) is 8.13. The van der Waals surface area contributed by atoms with E-state index in [9.17, 15) is 8.42 Å². The zero-order chi connectivity index (χ0) is 12.7. The molecule has 104 valence electrons. The lowest BCUT2D eigenvalue weighted by Gasteiger charge is -2.11. The Hall–Kier alpha value is -0.660. The van der Waals surface area contributed by atoms with Crippen LogP contribution < -0.4 is 5.73 Å². The summed E-state index contributed by atoms with van der Waals surface area (Å²) in [5.74, 6) is 0. The molecule has 7 heteroatoms. The van der Waals surface area contributed by atoms with Gasteiger partial charge in [0.05, 0.1) is 32.1 Å². The summed E-state index contributed by atoms with van der Waals surface area (Å²) in [4.78, 5) is 0. The van der Waals surface area contributed by atoms with Crippen LogP contribution in [0, 0.1) is 0 Å². The lowest BCUT2D eigenvalue weighted by atomic mass is 10.2. The molecule has 0 bridgehead atoms. The molecule has 0 amide bonds. The molecule has 0 unspecified atom stereocenters. The van der Waals surface area contributed by atoms with Gasteiger partial charge in [-0.15, -0.1) is 12.4 Å². The lowest BCUT2D eigenvalue weighted by Crippen LogP contribution is -2.32. The molecule has 1 aromatic carbocycles. The molecule has 0 aliphatic rings. The van der Waals surface area contributed by atoms with Gasteiger partial charge in [-0.3, -0.25) is 4.18 Å². The monoisotopic (exact) mass is 295 g/mol. The normalized spacial score (nSPS) is 12.8. The van der Waals surface area contributed by atoms with Gasteiger partial charge in [0.2, 0.25) is 0 Å². The van der Waals surface area contributed by atoms with E-state index in [1.807, 2.05) is 30.3 Å². The number of rotatable bonds is 7. The second-order valence-corrected chi connectivity index (χ2v) is 5.39. The summed E-state index contributed by atoms with van der Waals surface area (Å²) >= 11 is 0. The predicted molar refractivity (Wildman–Crippen MR) is 72.1 cm³/mol. The van der Waals surface area contributed by atoms with Crippen LogP contribution in [0.4, 0.5) is 0 Å². The molecule has 0 aromatic heterocycles. The van der Waals surface area contributed by atoms with E-state index in [4.69, 9.17) is 10.5 Å².